The molecule has 3 atom stereocenters. The molecule has 0 aromatic rings. The summed E-state index contributed by atoms with van der Waals surface area (Å²) in [6.45, 7) is 2.03. The van der Waals surface area contributed by atoms with E-state index in [1.165, 1.54) is 4.90 Å². The molecule has 2 aliphatic rings. The van der Waals surface area contributed by atoms with Gasteiger partial charge in [0.25, 0.3) is 0 Å². The Hall–Kier alpha value is -2.12. The van der Waals surface area contributed by atoms with E-state index in [1.807, 2.05) is 0 Å². The van der Waals surface area contributed by atoms with E-state index < -0.39 is 24.0 Å². The second-order valence-corrected chi connectivity index (χ2v) is 5.48. The Labute approximate surface area is 122 Å². The number of primary amides is 1. The molecule has 8 nitrogen and oxygen atoms in total. The lowest BCUT2D eigenvalue weighted by Crippen LogP contribution is -2.54. The van der Waals surface area contributed by atoms with Gasteiger partial charge < -0.3 is 21.3 Å². The Balaban J connectivity index is 1.91. The average Bonchev–Trinajstić information content (AvgIpc) is 3.05. The van der Waals surface area contributed by atoms with Crippen LogP contribution in [0.2, 0.25) is 0 Å². The lowest BCUT2D eigenvalue weighted by Gasteiger charge is -2.26. The van der Waals surface area contributed by atoms with Crippen LogP contribution in [0.1, 0.15) is 32.6 Å². The molecule has 0 aromatic carbocycles. The standard InChI is InChI=1S/C13H20N4O4/c1-7(15-12(20)8-4-5-10(18)16-8)13(21)17-6-2-3-9(17)11(14)19/h7-9H,2-6H2,1H3,(H2,14,19)(H,15,20)(H,16,18)/t7-,8-,9+/m0/s1. The number of carbonyl (C=O) groups is 4. The summed E-state index contributed by atoms with van der Waals surface area (Å²) in [7, 11) is 0. The molecule has 2 heterocycles. The van der Waals surface area contributed by atoms with Crippen LogP contribution in [0, 0.1) is 0 Å². The number of likely N-dealkylation sites (tertiary alicyclic amines) is 1. The quantitative estimate of drug-likeness (QED) is 0.569. The molecule has 4 amide bonds. The van der Waals surface area contributed by atoms with Crippen LogP contribution in [-0.4, -0.2) is 53.2 Å². The lowest BCUT2D eigenvalue weighted by molar-refractivity contribution is -0.140. The number of nitrogens with zero attached hydrogens (tertiary/aromatic N) is 1. The van der Waals surface area contributed by atoms with Crippen LogP contribution in [0.3, 0.4) is 0 Å². The van der Waals surface area contributed by atoms with Crippen molar-refractivity contribution in [1.82, 2.24) is 15.5 Å². The van der Waals surface area contributed by atoms with Crippen molar-refractivity contribution in [3.63, 3.8) is 0 Å². The van der Waals surface area contributed by atoms with Crippen molar-refractivity contribution in [3.05, 3.63) is 0 Å². The Kier molecular flexibility index (Phi) is 4.44. The lowest BCUT2D eigenvalue weighted by atomic mass is 10.1. The van der Waals surface area contributed by atoms with E-state index in [0.717, 1.165) is 6.42 Å². The predicted octanol–water partition coefficient (Wildman–Crippen LogP) is -1.75. The fraction of sp³-hybridized carbons (Fsp3) is 0.692. The highest BCUT2D eigenvalue weighted by Crippen LogP contribution is 2.18. The number of rotatable bonds is 4. The van der Waals surface area contributed by atoms with Crippen LogP contribution >= 0.6 is 0 Å². The molecular weight excluding hydrogens is 276 g/mol. The van der Waals surface area contributed by atoms with Gasteiger partial charge in [-0.05, 0) is 26.2 Å². The molecule has 0 aromatic heterocycles. The minimum Gasteiger partial charge on any atom is -0.368 e. The SMILES string of the molecule is C[C@H](NC(=O)[C@@H]1CCC(=O)N1)C(=O)N1CCC[C@@H]1C(N)=O. The fourth-order valence-electron chi connectivity index (χ4n) is 2.76. The van der Waals surface area contributed by atoms with Crippen molar-refractivity contribution in [3.8, 4) is 0 Å². The number of amides is 4. The first-order valence-electron chi connectivity index (χ1n) is 7.09. The fourth-order valence-corrected chi connectivity index (χ4v) is 2.76. The molecule has 116 valence electrons. The first-order valence-corrected chi connectivity index (χ1v) is 7.09. The third kappa shape index (κ3) is 3.32. The van der Waals surface area contributed by atoms with Gasteiger partial charge in [0.05, 0.1) is 0 Å². The van der Waals surface area contributed by atoms with Gasteiger partial charge >= 0.3 is 0 Å². The summed E-state index contributed by atoms with van der Waals surface area (Å²) in [5.41, 5.74) is 5.27. The van der Waals surface area contributed by atoms with Gasteiger partial charge in [-0.3, -0.25) is 19.2 Å². The van der Waals surface area contributed by atoms with Crippen molar-refractivity contribution in [1.29, 1.82) is 0 Å². The summed E-state index contributed by atoms with van der Waals surface area (Å²) in [4.78, 5) is 48.0. The maximum Gasteiger partial charge on any atom is 0.245 e. The van der Waals surface area contributed by atoms with Crippen molar-refractivity contribution in [2.75, 3.05) is 6.54 Å². The maximum atomic E-state index is 12.3. The predicted molar refractivity (Wildman–Crippen MR) is 72.7 cm³/mol. The normalized spacial score (nSPS) is 26.3. The second-order valence-electron chi connectivity index (χ2n) is 5.48. The van der Waals surface area contributed by atoms with Crippen LogP contribution in [0.15, 0.2) is 0 Å². The Morgan fingerprint density at radius 2 is 2.10 bits per heavy atom. The van der Waals surface area contributed by atoms with Crippen LogP contribution in [0.4, 0.5) is 0 Å². The zero-order chi connectivity index (χ0) is 15.6. The van der Waals surface area contributed by atoms with Crippen molar-refractivity contribution < 1.29 is 19.2 Å². The Bertz CT molecular complexity index is 479. The second kappa shape index (κ2) is 6.11. The molecule has 2 fully saturated rings. The summed E-state index contributed by atoms with van der Waals surface area (Å²) >= 11 is 0. The van der Waals surface area contributed by atoms with E-state index in [0.29, 0.717) is 25.8 Å². The maximum absolute atomic E-state index is 12.3. The number of hydrogen-bond donors (Lipinski definition) is 3. The van der Waals surface area contributed by atoms with Gasteiger partial charge in [0.1, 0.15) is 18.1 Å². The molecule has 21 heavy (non-hydrogen) atoms. The van der Waals surface area contributed by atoms with Crippen LogP contribution < -0.4 is 16.4 Å². The number of nitrogens with one attached hydrogen (secondary N) is 2. The molecular formula is C13H20N4O4. The molecule has 0 bridgehead atoms. The summed E-state index contributed by atoms with van der Waals surface area (Å²) < 4.78 is 0. The topological polar surface area (TPSA) is 122 Å². The van der Waals surface area contributed by atoms with Gasteiger partial charge in [0, 0.05) is 13.0 Å². The zero-order valence-electron chi connectivity index (χ0n) is 11.9. The molecule has 8 heteroatoms. The van der Waals surface area contributed by atoms with E-state index in [-0.39, 0.29) is 17.7 Å². The molecule has 0 saturated carbocycles. The molecule has 0 aliphatic carbocycles. The largest absolute Gasteiger partial charge is 0.368 e. The van der Waals surface area contributed by atoms with Gasteiger partial charge in [-0.2, -0.15) is 0 Å². The van der Waals surface area contributed by atoms with E-state index in [9.17, 15) is 19.2 Å². The van der Waals surface area contributed by atoms with Gasteiger partial charge in [-0.15, -0.1) is 0 Å². The summed E-state index contributed by atoms with van der Waals surface area (Å²) in [6.07, 6.45) is 2.02. The van der Waals surface area contributed by atoms with Crippen molar-refractivity contribution in [2.45, 2.75) is 50.7 Å². The molecule has 4 N–H and O–H groups in total. The van der Waals surface area contributed by atoms with Crippen LogP contribution in [0.5, 0.6) is 0 Å². The molecule has 0 spiro atoms. The molecule has 2 rings (SSSR count). The molecule has 2 saturated heterocycles. The molecule has 0 unspecified atom stereocenters. The average molecular weight is 296 g/mol. The van der Waals surface area contributed by atoms with Gasteiger partial charge in [-0.1, -0.05) is 0 Å². The highest BCUT2D eigenvalue weighted by Gasteiger charge is 2.36. The third-order valence-electron chi connectivity index (χ3n) is 3.91. The highest BCUT2D eigenvalue weighted by molar-refractivity contribution is 5.95. The Morgan fingerprint density at radius 1 is 1.38 bits per heavy atom. The molecule has 2 aliphatic heterocycles. The first kappa shape index (κ1) is 15.3. The third-order valence-corrected chi connectivity index (χ3v) is 3.91. The van der Waals surface area contributed by atoms with E-state index in [4.69, 9.17) is 5.73 Å². The molecule has 0 radical (unpaired) electrons. The Morgan fingerprint density at radius 3 is 2.67 bits per heavy atom. The van der Waals surface area contributed by atoms with E-state index in [1.54, 1.807) is 6.92 Å². The smallest absolute Gasteiger partial charge is 0.245 e. The number of hydrogen-bond acceptors (Lipinski definition) is 4. The summed E-state index contributed by atoms with van der Waals surface area (Å²) in [5.74, 6) is -1.39. The number of nitrogens with two attached hydrogens (primary N) is 1. The van der Waals surface area contributed by atoms with Gasteiger partial charge in [0.15, 0.2) is 0 Å². The van der Waals surface area contributed by atoms with Gasteiger partial charge in [0.2, 0.25) is 23.6 Å². The minimum absolute atomic E-state index is 0.164. The van der Waals surface area contributed by atoms with Gasteiger partial charge in [-0.25, -0.2) is 0 Å². The summed E-state index contributed by atoms with van der Waals surface area (Å²) in [6, 6.07) is -1.93. The minimum atomic E-state index is -0.755. The van der Waals surface area contributed by atoms with Crippen LogP contribution in [0.25, 0.3) is 0 Å². The van der Waals surface area contributed by atoms with Crippen LogP contribution in [-0.2, 0) is 19.2 Å². The van der Waals surface area contributed by atoms with E-state index in [2.05, 4.69) is 10.6 Å². The number of carbonyl (C=O) groups excluding carboxylic acids is 4. The summed E-state index contributed by atoms with van der Waals surface area (Å²) in [5, 5.41) is 5.13. The first-order chi connectivity index (χ1) is 9.90. The highest BCUT2D eigenvalue weighted by atomic mass is 16.2. The van der Waals surface area contributed by atoms with Crippen molar-refractivity contribution >= 4 is 23.6 Å². The monoisotopic (exact) mass is 296 g/mol. The zero-order valence-corrected chi connectivity index (χ0v) is 11.9. The van der Waals surface area contributed by atoms with Crippen molar-refractivity contribution in [2.24, 2.45) is 5.73 Å². The van der Waals surface area contributed by atoms with E-state index >= 15 is 0 Å².